The standard InChI is InChI=1S/C12H12N2O4S/c1-2-4-14-5-3-13-10(11(14)15)18-8-6-9(12(16)17)19-7-8/h3,5-7H,2,4H2,1H3,(H,16,17). The maximum Gasteiger partial charge on any atom is 0.346 e. The molecule has 0 aliphatic carbocycles. The summed E-state index contributed by atoms with van der Waals surface area (Å²) in [5.41, 5.74) is -0.326. The first-order chi connectivity index (χ1) is 9.11. The Hall–Kier alpha value is -2.15. The Bertz CT molecular complexity index is 647. The first kappa shape index (κ1) is 13.3. The van der Waals surface area contributed by atoms with Crippen molar-refractivity contribution in [2.24, 2.45) is 0 Å². The third-order valence-electron chi connectivity index (χ3n) is 2.35. The van der Waals surface area contributed by atoms with Gasteiger partial charge in [-0.2, -0.15) is 0 Å². The molecular formula is C12H12N2O4S. The lowest BCUT2D eigenvalue weighted by atomic mass is 10.4. The van der Waals surface area contributed by atoms with E-state index in [1.54, 1.807) is 6.20 Å². The SMILES string of the molecule is CCCn1ccnc(Oc2csc(C(=O)O)c2)c1=O. The first-order valence-electron chi connectivity index (χ1n) is 5.67. The van der Waals surface area contributed by atoms with Crippen LogP contribution < -0.4 is 10.3 Å². The molecule has 0 radical (unpaired) electrons. The van der Waals surface area contributed by atoms with Crippen LogP contribution in [0.3, 0.4) is 0 Å². The molecule has 0 aliphatic rings. The molecule has 0 unspecified atom stereocenters. The van der Waals surface area contributed by atoms with Gasteiger partial charge in [0.05, 0.1) is 0 Å². The van der Waals surface area contributed by atoms with E-state index in [-0.39, 0.29) is 16.3 Å². The maximum atomic E-state index is 12.0. The minimum atomic E-state index is -1.02. The molecule has 6 nitrogen and oxygen atoms in total. The zero-order chi connectivity index (χ0) is 13.8. The van der Waals surface area contributed by atoms with E-state index in [4.69, 9.17) is 9.84 Å². The Kier molecular flexibility index (Phi) is 3.96. The fourth-order valence-electron chi connectivity index (χ4n) is 1.51. The number of carboxylic acid groups (broad SMARTS) is 1. The van der Waals surface area contributed by atoms with Crippen LogP contribution in [0.1, 0.15) is 23.0 Å². The highest BCUT2D eigenvalue weighted by Crippen LogP contribution is 2.24. The van der Waals surface area contributed by atoms with Crippen molar-refractivity contribution >= 4 is 17.3 Å². The average Bonchev–Trinajstić information content (AvgIpc) is 2.83. The fourth-order valence-corrected chi connectivity index (χ4v) is 2.15. The van der Waals surface area contributed by atoms with Crippen LogP contribution in [-0.2, 0) is 6.54 Å². The van der Waals surface area contributed by atoms with Gasteiger partial charge in [0.25, 0.3) is 5.88 Å². The summed E-state index contributed by atoms with van der Waals surface area (Å²) < 4.78 is 6.84. The number of carbonyl (C=O) groups is 1. The number of nitrogens with zero attached hydrogens (tertiary/aromatic N) is 2. The van der Waals surface area contributed by atoms with E-state index < -0.39 is 5.97 Å². The number of aryl methyl sites for hydroxylation is 1. The van der Waals surface area contributed by atoms with Gasteiger partial charge in [-0.3, -0.25) is 4.79 Å². The molecule has 7 heteroatoms. The number of carboxylic acids is 1. The number of aromatic carboxylic acids is 1. The molecule has 1 N–H and O–H groups in total. The largest absolute Gasteiger partial charge is 0.477 e. The molecule has 2 aromatic heterocycles. The number of thiophene rings is 1. The van der Waals surface area contributed by atoms with Gasteiger partial charge in [0, 0.05) is 30.4 Å². The molecule has 2 aromatic rings. The van der Waals surface area contributed by atoms with Crippen molar-refractivity contribution in [2.45, 2.75) is 19.9 Å². The second-order valence-corrected chi connectivity index (χ2v) is 4.70. The number of hydrogen-bond acceptors (Lipinski definition) is 5. The lowest BCUT2D eigenvalue weighted by molar-refractivity contribution is 0.0702. The van der Waals surface area contributed by atoms with Crippen molar-refractivity contribution in [2.75, 3.05) is 0 Å². The topological polar surface area (TPSA) is 81.4 Å². The fraction of sp³-hybridized carbons (Fsp3) is 0.250. The molecule has 0 amide bonds. The summed E-state index contributed by atoms with van der Waals surface area (Å²) >= 11 is 1.04. The van der Waals surface area contributed by atoms with Crippen molar-refractivity contribution in [3.63, 3.8) is 0 Å². The van der Waals surface area contributed by atoms with E-state index in [0.29, 0.717) is 12.3 Å². The van der Waals surface area contributed by atoms with E-state index in [1.165, 1.54) is 22.2 Å². The van der Waals surface area contributed by atoms with Crippen molar-refractivity contribution in [3.8, 4) is 11.6 Å². The lowest BCUT2D eigenvalue weighted by Crippen LogP contribution is -2.21. The van der Waals surface area contributed by atoms with Gasteiger partial charge < -0.3 is 14.4 Å². The van der Waals surface area contributed by atoms with Gasteiger partial charge in [0.15, 0.2) is 0 Å². The lowest BCUT2D eigenvalue weighted by Gasteiger charge is -2.05. The van der Waals surface area contributed by atoms with Crippen LogP contribution in [0.15, 0.2) is 28.6 Å². The number of ether oxygens (including phenoxy) is 1. The highest BCUT2D eigenvalue weighted by molar-refractivity contribution is 7.12. The summed E-state index contributed by atoms with van der Waals surface area (Å²) in [5.74, 6) is -0.767. The van der Waals surface area contributed by atoms with Gasteiger partial charge in [0.2, 0.25) is 0 Å². The highest BCUT2D eigenvalue weighted by Gasteiger charge is 2.11. The van der Waals surface area contributed by atoms with Crippen molar-refractivity contribution < 1.29 is 14.6 Å². The summed E-state index contributed by atoms with van der Waals surface area (Å²) in [6.45, 7) is 2.55. The quantitative estimate of drug-likeness (QED) is 0.908. The molecule has 0 atom stereocenters. The second kappa shape index (κ2) is 5.66. The molecule has 0 bridgehead atoms. The molecule has 0 saturated carbocycles. The molecule has 0 aromatic carbocycles. The molecule has 2 rings (SSSR count). The van der Waals surface area contributed by atoms with Crippen molar-refractivity contribution in [3.05, 3.63) is 39.1 Å². The number of aromatic nitrogens is 2. The second-order valence-electron chi connectivity index (χ2n) is 3.78. The van der Waals surface area contributed by atoms with Gasteiger partial charge in [-0.25, -0.2) is 9.78 Å². The summed E-state index contributed by atoms with van der Waals surface area (Å²) in [7, 11) is 0. The smallest absolute Gasteiger partial charge is 0.346 e. The van der Waals surface area contributed by atoms with Gasteiger partial charge in [-0.15, -0.1) is 11.3 Å². The van der Waals surface area contributed by atoms with E-state index >= 15 is 0 Å². The van der Waals surface area contributed by atoms with E-state index in [0.717, 1.165) is 17.8 Å². The monoisotopic (exact) mass is 280 g/mol. The van der Waals surface area contributed by atoms with Crippen molar-refractivity contribution in [1.29, 1.82) is 0 Å². The van der Waals surface area contributed by atoms with Gasteiger partial charge in [-0.1, -0.05) is 6.92 Å². The molecule has 19 heavy (non-hydrogen) atoms. The Morgan fingerprint density at radius 1 is 1.58 bits per heavy atom. The summed E-state index contributed by atoms with van der Waals surface area (Å²) in [6.07, 6.45) is 3.90. The van der Waals surface area contributed by atoms with Gasteiger partial charge in [0.1, 0.15) is 10.6 Å². The Balaban J connectivity index is 2.25. The van der Waals surface area contributed by atoms with Crippen LogP contribution in [0.25, 0.3) is 0 Å². The highest BCUT2D eigenvalue weighted by atomic mass is 32.1. The Labute approximate surface area is 112 Å². The third kappa shape index (κ3) is 3.00. The summed E-state index contributed by atoms with van der Waals surface area (Å²) in [6, 6.07) is 1.37. The summed E-state index contributed by atoms with van der Waals surface area (Å²) in [4.78, 5) is 26.7. The third-order valence-corrected chi connectivity index (χ3v) is 3.24. The Morgan fingerprint density at radius 3 is 3.00 bits per heavy atom. The molecule has 0 aliphatic heterocycles. The normalized spacial score (nSPS) is 10.4. The van der Waals surface area contributed by atoms with E-state index in [2.05, 4.69) is 4.98 Å². The minimum Gasteiger partial charge on any atom is -0.477 e. The molecule has 0 fully saturated rings. The predicted molar refractivity (Wildman–Crippen MR) is 70.1 cm³/mol. The first-order valence-corrected chi connectivity index (χ1v) is 6.55. The molecule has 100 valence electrons. The zero-order valence-corrected chi connectivity index (χ0v) is 11.0. The van der Waals surface area contributed by atoms with Crippen molar-refractivity contribution in [1.82, 2.24) is 9.55 Å². The summed E-state index contributed by atoms with van der Waals surface area (Å²) in [5, 5.41) is 10.3. The predicted octanol–water partition coefficient (Wildman–Crippen LogP) is 2.21. The van der Waals surface area contributed by atoms with Crippen LogP contribution in [0.2, 0.25) is 0 Å². The van der Waals surface area contributed by atoms with Crippen LogP contribution in [0.4, 0.5) is 0 Å². The van der Waals surface area contributed by atoms with E-state index in [1.807, 2.05) is 6.92 Å². The van der Waals surface area contributed by atoms with Crippen LogP contribution in [0, 0.1) is 0 Å². The molecule has 0 saturated heterocycles. The number of hydrogen-bond donors (Lipinski definition) is 1. The molecule has 0 spiro atoms. The van der Waals surface area contributed by atoms with Gasteiger partial charge >= 0.3 is 11.5 Å². The van der Waals surface area contributed by atoms with E-state index in [9.17, 15) is 9.59 Å². The molecule has 2 heterocycles. The van der Waals surface area contributed by atoms with Gasteiger partial charge in [-0.05, 0) is 6.42 Å². The van der Waals surface area contributed by atoms with Crippen LogP contribution >= 0.6 is 11.3 Å². The molecular weight excluding hydrogens is 268 g/mol. The minimum absolute atomic E-state index is 0.0503. The Morgan fingerprint density at radius 2 is 2.37 bits per heavy atom. The van der Waals surface area contributed by atoms with Crippen LogP contribution in [-0.4, -0.2) is 20.6 Å². The maximum absolute atomic E-state index is 12.0. The van der Waals surface area contributed by atoms with Crippen LogP contribution in [0.5, 0.6) is 11.6 Å². The number of rotatable bonds is 5. The zero-order valence-electron chi connectivity index (χ0n) is 10.2. The average molecular weight is 280 g/mol.